The largest absolute Gasteiger partial charge is 0.374 e. The van der Waals surface area contributed by atoms with Crippen molar-refractivity contribution in [3.05, 3.63) is 48.6 Å². The molecule has 5 heteroatoms. The Labute approximate surface area is 137 Å². The van der Waals surface area contributed by atoms with Crippen LogP contribution in [0.1, 0.15) is 5.56 Å². The highest BCUT2D eigenvalue weighted by Crippen LogP contribution is 2.24. The summed E-state index contributed by atoms with van der Waals surface area (Å²) in [4.78, 5) is 16.6. The first kappa shape index (κ1) is 16.2. The van der Waals surface area contributed by atoms with Gasteiger partial charge in [0.2, 0.25) is 5.91 Å². The third kappa shape index (κ3) is 4.19. The molecule has 2 aliphatic rings. The van der Waals surface area contributed by atoms with Crippen LogP contribution < -0.4 is 5.32 Å². The van der Waals surface area contributed by atoms with E-state index in [9.17, 15) is 4.79 Å². The SMILES string of the molecule is C=CCNC(=O)CN1C[C@@H]2[C@@H](C1)OCCN2Cc1ccccc1. The Kier molecular flexibility index (Phi) is 5.43. The molecule has 0 spiro atoms. The van der Waals surface area contributed by atoms with Crippen molar-refractivity contribution >= 4 is 5.91 Å². The number of nitrogens with zero attached hydrogens (tertiary/aromatic N) is 2. The average molecular weight is 315 g/mol. The summed E-state index contributed by atoms with van der Waals surface area (Å²) in [6.45, 7) is 8.96. The van der Waals surface area contributed by atoms with E-state index in [0.717, 1.165) is 32.8 Å². The minimum Gasteiger partial charge on any atom is -0.374 e. The van der Waals surface area contributed by atoms with Gasteiger partial charge in [0.05, 0.1) is 25.3 Å². The van der Waals surface area contributed by atoms with Gasteiger partial charge in [-0.1, -0.05) is 36.4 Å². The molecule has 5 nitrogen and oxygen atoms in total. The summed E-state index contributed by atoms with van der Waals surface area (Å²) in [5.41, 5.74) is 1.33. The maximum absolute atomic E-state index is 11.9. The van der Waals surface area contributed by atoms with Gasteiger partial charge in [0.1, 0.15) is 0 Å². The summed E-state index contributed by atoms with van der Waals surface area (Å²) in [6.07, 6.45) is 1.91. The molecular weight excluding hydrogens is 290 g/mol. The Bertz CT molecular complexity index is 534. The molecule has 2 atom stereocenters. The lowest BCUT2D eigenvalue weighted by Gasteiger charge is -2.37. The standard InChI is InChI=1S/C18H25N3O2/c1-2-8-19-18(22)14-20-12-16-17(13-20)23-10-9-21(16)11-15-6-4-3-5-7-15/h2-7,16-17H,1,8-14H2,(H,19,22)/t16-,17-/m1/s1. The number of rotatable bonds is 6. The molecule has 0 unspecified atom stereocenters. The number of morpholine rings is 1. The monoisotopic (exact) mass is 315 g/mol. The van der Waals surface area contributed by atoms with Crippen LogP contribution in [0.4, 0.5) is 0 Å². The predicted molar refractivity (Wildman–Crippen MR) is 90.0 cm³/mol. The van der Waals surface area contributed by atoms with Gasteiger partial charge in [-0.3, -0.25) is 14.6 Å². The predicted octanol–water partition coefficient (Wildman–Crippen LogP) is 0.874. The smallest absolute Gasteiger partial charge is 0.234 e. The van der Waals surface area contributed by atoms with E-state index in [4.69, 9.17) is 4.74 Å². The van der Waals surface area contributed by atoms with E-state index in [1.54, 1.807) is 6.08 Å². The Morgan fingerprint density at radius 3 is 2.96 bits per heavy atom. The average Bonchev–Trinajstić information content (AvgIpc) is 2.97. The summed E-state index contributed by atoms with van der Waals surface area (Å²) in [7, 11) is 0. The quantitative estimate of drug-likeness (QED) is 0.792. The van der Waals surface area contributed by atoms with E-state index < -0.39 is 0 Å². The Morgan fingerprint density at radius 1 is 1.35 bits per heavy atom. The van der Waals surface area contributed by atoms with Crippen LogP contribution in [0.25, 0.3) is 0 Å². The molecule has 23 heavy (non-hydrogen) atoms. The summed E-state index contributed by atoms with van der Waals surface area (Å²) in [5.74, 6) is 0.0538. The van der Waals surface area contributed by atoms with Crippen LogP contribution in [-0.4, -0.2) is 67.2 Å². The highest BCUT2D eigenvalue weighted by Gasteiger charge is 2.40. The number of nitrogens with one attached hydrogen (secondary N) is 1. The maximum Gasteiger partial charge on any atom is 0.234 e. The van der Waals surface area contributed by atoms with Crippen molar-refractivity contribution in [2.75, 3.05) is 39.3 Å². The van der Waals surface area contributed by atoms with Gasteiger partial charge in [0.15, 0.2) is 0 Å². The molecule has 1 N–H and O–H groups in total. The van der Waals surface area contributed by atoms with Gasteiger partial charge in [0, 0.05) is 32.7 Å². The molecule has 1 amide bonds. The number of ether oxygens (including phenoxy) is 1. The Hall–Kier alpha value is -1.69. The van der Waals surface area contributed by atoms with E-state index in [1.807, 2.05) is 6.07 Å². The van der Waals surface area contributed by atoms with Crippen LogP contribution >= 0.6 is 0 Å². The van der Waals surface area contributed by atoms with Crippen LogP contribution in [0.2, 0.25) is 0 Å². The van der Waals surface area contributed by atoms with Gasteiger partial charge in [-0.15, -0.1) is 6.58 Å². The molecule has 0 radical (unpaired) electrons. The van der Waals surface area contributed by atoms with Crippen molar-refractivity contribution in [3.8, 4) is 0 Å². The van der Waals surface area contributed by atoms with Crippen molar-refractivity contribution in [3.63, 3.8) is 0 Å². The summed E-state index contributed by atoms with van der Waals surface area (Å²) < 4.78 is 5.93. The number of hydrogen-bond acceptors (Lipinski definition) is 4. The van der Waals surface area contributed by atoms with Crippen molar-refractivity contribution in [1.29, 1.82) is 0 Å². The minimum absolute atomic E-state index is 0.0538. The van der Waals surface area contributed by atoms with E-state index in [1.165, 1.54) is 5.56 Å². The fraction of sp³-hybridized carbons (Fsp3) is 0.500. The van der Waals surface area contributed by atoms with Crippen molar-refractivity contribution < 1.29 is 9.53 Å². The molecule has 1 aromatic rings. The molecule has 3 rings (SSSR count). The fourth-order valence-corrected chi connectivity index (χ4v) is 3.42. The van der Waals surface area contributed by atoms with E-state index in [-0.39, 0.29) is 12.0 Å². The second-order valence-electron chi connectivity index (χ2n) is 6.22. The number of hydrogen-bond donors (Lipinski definition) is 1. The lowest BCUT2D eigenvalue weighted by atomic mass is 10.1. The zero-order valence-electron chi connectivity index (χ0n) is 13.5. The number of likely N-dealkylation sites (tertiary alicyclic amines) is 1. The molecule has 2 saturated heterocycles. The number of carbonyl (C=O) groups excluding carboxylic acids is 1. The van der Waals surface area contributed by atoms with E-state index in [0.29, 0.717) is 19.1 Å². The first-order chi connectivity index (χ1) is 11.3. The van der Waals surface area contributed by atoms with Crippen LogP contribution in [-0.2, 0) is 16.1 Å². The fourth-order valence-electron chi connectivity index (χ4n) is 3.42. The summed E-state index contributed by atoms with van der Waals surface area (Å²) >= 11 is 0. The van der Waals surface area contributed by atoms with Crippen molar-refractivity contribution in [1.82, 2.24) is 15.1 Å². The molecule has 0 aromatic heterocycles. The van der Waals surface area contributed by atoms with E-state index in [2.05, 4.69) is 46.0 Å². The molecule has 124 valence electrons. The molecule has 2 heterocycles. The highest BCUT2D eigenvalue weighted by molar-refractivity contribution is 5.78. The number of carbonyl (C=O) groups is 1. The van der Waals surface area contributed by atoms with Gasteiger partial charge in [-0.25, -0.2) is 0 Å². The molecule has 0 aliphatic carbocycles. The lowest BCUT2D eigenvalue weighted by Crippen LogP contribution is -2.50. The molecule has 1 aromatic carbocycles. The minimum atomic E-state index is 0.0538. The molecule has 0 bridgehead atoms. The Balaban J connectivity index is 1.57. The molecule has 0 saturated carbocycles. The second-order valence-corrected chi connectivity index (χ2v) is 6.22. The van der Waals surface area contributed by atoms with Crippen LogP contribution in [0.15, 0.2) is 43.0 Å². The van der Waals surface area contributed by atoms with Gasteiger partial charge in [-0.05, 0) is 5.56 Å². The normalized spacial score (nSPS) is 25.0. The van der Waals surface area contributed by atoms with E-state index >= 15 is 0 Å². The van der Waals surface area contributed by atoms with Crippen LogP contribution in [0.3, 0.4) is 0 Å². The topological polar surface area (TPSA) is 44.8 Å². The first-order valence-electron chi connectivity index (χ1n) is 8.26. The first-order valence-corrected chi connectivity index (χ1v) is 8.26. The Morgan fingerprint density at radius 2 is 2.17 bits per heavy atom. The molecule has 2 fully saturated rings. The molecule has 2 aliphatic heterocycles. The van der Waals surface area contributed by atoms with Crippen LogP contribution in [0, 0.1) is 0 Å². The zero-order valence-corrected chi connectivity index (χ0v) is 13.5. The maximum atomic E-state index is 11.9. The van der Waals surface area contributed by atoms with Gasteiger partial charge < -0.3 is 10.1 Å². The van der Waals surface area contributed by atoms with Gasteiger partial charge >= 0.3 is 0 Å². The lowest BCUT2D eigenvalue weighted by molar-refractivity contribution is -0.121. The van der Waals surface area contributed by atoms with Crippen molar-refractivity contribution in [2.45, 2.75) is 18.7 Å². The third-order valence-corrected chi connectivity index (χ3v) is 4.53. The second kappa shape index (κ2) is 7.73. The van der Waals surface area contributed by atoms with Crippen molar-refractivity contribution in [2.24, 2.45) is 0 Å². The van der Waals surface area contributed by atoms with Gasteiger partial charge in [0.25, 0.3) is 0 Å². The van der Waals surface area contributed by atoms with Gasteiger partial charge in [-0.2, -0.15) is 0 Å². The summed E-state index contributed by atoms with van der Waals surface area (Å²) in [6, 6.07) is 10.9. The number of amides is 1. The number of benzene rings is 1. The third-order valence-electron chi connectivity index (χ3n) is 4.53. The number of fused-ring (bicyclic) bond motifs is 1. The highest BCUT2D eigenvalue weighted by atomic mass is 16.5. The summed E-state index contributed by atoms with van der Waals surface area (Å²) in [5, 5.41) is 2.84. The zero-order chi connectivity index (χ0) is 16.1. The molecular formula is C18H25N3O2. The van der Waals surface area contributed by atoms with Crippen LogP contribution in [0.5, 0.6) is 0 Å².